The van der Waals surface area contributed by atoms with E-state index >= 15 is 0 Å². The molecule has 1 atom stereocenters. The zero-order valence-electron chi connectivity index (χ0n) is 21.1. The number of ketones is 1. The highest BCUT2D eigenvalue weighted by molar-refractivity contribution is 6.46. The minimum absolute atomic E-state index is 0.0577. The summed E-state index contributed by atoms with van der Waals surface area (Å²) in [6, 6.07) is 13.4. The first-order valence-electron chi connectivity index (χ1n) is 12.4. The molecule has 0 aromatic heterocycles. The third-order valence-corrected chi connectivity index (χ3v) is 6.45. The van der Waals surface area contributed by atoms with Gasteiger partial charge in [-0.2, -0.15) is 0 Å². The van der Waals surface area contributed by atoms with Gasteiger partial charge in [0.1, 0.15) is 17.3 Å². The van der Waals surface area contributed by atoms with Crippen molar-refractivity contribution in [3.63, 3.8) is 0 Å². The number of carbonyl (C=O) groups excluding carboxylic acids is 2. The van der Waals surface area contributed by atoms with Crippen LogP contribution < -0.4 is 9.47 Å². The number of likely N-dealkylation sites (tertiary alicyclic amines) is 1. The summed E-state index contributed by atoms with van der Waals surface area (Å²) in [6.45, 7) is 8.48. The summed E-state index contributed by atoms with van der Waals surface area (Å²) in [5, 5.41) is 11.3. The summed E-state index contributed by atoms with van der Waals surface area (Å²) in [5.41, 5.74) is 1.15. The highest BCUT2D eigenvalue weighted by Gasteiger charge is 2.47. The number of morpholine rings is 1. The fraction of sp³-hybridized carbons (Fsp3) is 0.429. The summed E-state index contributed by atoms with van der Waals surface area (Å²) < 4.78 is 16.7. The van der Waals surface area contributed by atoms with Crippen LogP contribution in [0.2, 0.25) is 0 Å². The number of aliphatic hydroxyl groups excluding tert-OH is 1. The van der Waals surface area contributed by atoms with Crippen molar-refractivity contribution in [2.24, 2.45) is 5.92 Å². The van der Waals surface area contributed by atoms with Gasteiger partial charge < -0.3 is 24.2 Å². The Labute approximate surface area is 212 Å². The molecule has 2 heterocycles. The molecule has 2 fully saturated rings. The molecule has 2 aliphatic heterocycles. The number of hydrogen-bond donors (Lipinski definition) is 1. The number of Topliss-reactive ketones (excluding diaryl/α,β-unsaturated/α-hetero) is 1. The molecule has 8 heteroatoms. The van der Waals surface area contributed by atoms with Crippen LogP contribution in [0.25, 0.3) is 5.76 Å². The molecule has 36 heavy (non-hydrogen) atoms. The number of carbonyl (C=O) groups is 2. The Morgan fingerprint density at radius 1 is 1.06 bits per heavy atom. The molecule has 0 unspecified atom stereocenters. The van der Waals surface area contributed by atoms with E-state index in [1.165, 1.54) is 0 Å². The third-order valence-electron chi connectivity index (χ3n) is 6.45. The van der Waals surface area contributed by atoms with Gasteiger partial charge in [-0.3, -0.25) is 14.5 Å². The number of nitrogens with zero attached hydrogens (tertiary/aromatic N) is 2. The van der Waals surface area contributed by atoms with Crippen LogP contribution in [0.15, 0.2) is 54.1 Å². The lowest BCUT2D eigenvalue weighted by molar-refractivity contribution is -0.140. The Kier molecular flexibility index (Phi) is 8.28. The van der Waals surface area contributed by atoms with E-state index < -0.39 is 17.7 Å². The van der Waals surface area contributed by atoms with Gasteiger partial charge in [0.2, 0.25) is 0 Å². The quantitative estimate of drug-likeness (QED) is 0.324. The predicted molar refractivity (Wildman–Crippen MR) is 136 cm³/mol. The van der Waals surface area contributed by atoms with E-state index in [-0.39, 0.29) is 11.3 Å². The Morgan fingerprint density at radius 3 is 2.42 bits per heavy atom. The lowest BCUT2D eigenvalue weighted by Gasteiger charge is -2.31. The molecule has 2 saturated heterocycles. The minimum Gasteiger partial charge on any atom is -0.507 e. The highest BCUT2D eigenvalue weighted by atomic mass is 16.5. The van der Waals surface area contributed by atoms with E-state index in [9.17, 15) is 14.7 Å². The molecule has 2 aliphatic rings. The number of methoxy groups -OCH3 is 1. The van der Waals surface area contributed by atoms with Gasteiger partial charge in [-0.05, 0) is 36.2 Å². The van der Waals surface area contributed by atoms with E-state index in [1.807, 2.05) is 18.2 Å². The molecule has 0 bridgehead atoms. The van der Waals surface area contributed by atoms with E-state index in [4.69, 9.17) is 14.2 Å². The number of rotatable bonds is 9. The van der Waals surface area contributed by atoms with Crippen LogP contribution >= 0.6 is 0 Å². The van der Waals surface area contributed by atoms with Gasteiger partial charge in [0.05, 0.1) is 38.5 Å². The van der Waals surface area contributed by atoms with Crippen molar-refractivity contribution in [3.8, 4) is 11.5 Å². The summed E-state index contributed by atoms with van der Waals surface area (Å²) in [6.07, 6.45) is 0. The van der Waals surface area contributed by atoms with E-state index in [2.05, 4.69) is 18.7 Å². The second-order valence-corrected chi connectivity index (χ2v) is 9.42. The van der Waals surface area contributed by atoms with Crippen molar-refractivity contribution in [3.05, 3.63) is 65.2 Å². The number of para-hydroxylation sites is 1. The molecule has 1 N–H and O–H groups in total. The summed E-state index contributed by atoms with van der Waals surface area (Å²) in [4.78, 5) is 30.3. The largest absolute Gasteiger partial charge is 0.507 e. The number of aliphatic hydroxyl groups is 1. The molecule has 192 valence electrons. The van der Waals surface area contributed by atoms with Crippen LogP contribution in [0.5, 0.6) is 11.5 Å². The molecule has 8 nitrogen and oxygen atoms in total. The van der Waals surface area contributed by atoms with Gasteiger partial charge in [0.15, 0.2) is 0 Å². The zero-order chi connectivity index (χ0) is 25.7. The first kappa shape index (κ1) is 25.7. The van der Waals surface area contributed by atoms with Crippen molar-refractivity contribution in [1.82, 2.24) is 9.80 Å². The van der Waals surface area contributed by atoms with Gasteiger partial charge >= 0.3 is 0 Å². The standard InChI is InChI=1S/C28H34N2O6/c1-19(2)18-36-21-10-8-20(9-11-21)26(31)24-25(22-6-4-5-7-23(22)34-3)30(28(33)27(24)32)13-12-29-14-16-35-17-15-29/h4-11,19,25,31H,12-18H2,1-3H3/b26-24+/t25-/m1/s1. The minimum atomic E-state index is -0.765. The van der Waals surface area contributed by atoms with Gasteiger partial charge in [0, 0.05) is 37.3 Å². The maximum atomic E-state index is 13.3. The third kappa shape index (κ3) is 5.55. The summed E-state index contributed by atoms with van der Waals surface area (Å²) >= 11 is 0. The first-order chi connectivity index (χ1) is 17.4. The molecule has 0 saturated carbocycles. The van der Waals surface area contributed by atoms with Crippen LogP contribution in [-0.4, -0.2) is 79.7 Å². The molecule has 4 rings (SSSR count). The van der Waals surface area contributed by atoms with Crippen LogP contribution in [0.4, 0.5) is 0 Å². The Bertz CT molecular complexity index is 1110. The normalized spacial score (nSPS) is 20.2. The van der Waals surface area contributed by atoms with E-state index in [0.29, 0.717) is 61.5 Å². The lowest BCUT2D eigenvalue weighted by atomic mass is 9.94. The molecule has 1 amide bonds. The zero-order valence-corrected chi connectivity index (χ0v) is 21.1. The summed E-state index contributed by atoms with van der Waals surface area (Å²) in [5.74, 6) is 0.0561. The van der Waals surface area contributed by atoms with Crippen molar-refractivity contribution in [2.45, 2.75) is 19.9 Å². The SMILES string of the molecule is COc1ccccc1[C@@H]1/C(=C(\O)c2ccc(OCC(C)C)cc2)C(=O)C(=O)N1CCN1CCOCC1. The Morgan fingerprint density at radius 2 is 1.75 bits per heavy atom. The number of ether oxygens (including phenoxy) is 3. The molecular formula is C28H34N2O6. The second kappa shape index (κ2) is 11.6. The van der Waals surface area contributed by atoms with E-state index in [0.717, 1.165) is 13.1 Å². The fourth-order valence-electron chi connectivity index (χ4n) is 4.53. The fourth-order valence-corrected chi connectivity index (χ4v) is 4.53. The molecule has 0 spiro atoms. The van der Waals surface area contributed by atoms with E-state index in [1.54, 1.807) is 42.3 Å². The lowest BCUT2D eigenvalue weighted by Crippen LogP contribution is -2.42. The molecule has 0 aliphatic carbocycles. The van der Waals surface area contributed by atoms with Gasteiger partial charge in [-0.25, -0.2) is 0 Å². The smallest absolute Gasteiger partial charge is 0.295 e. The molecule has 2 aromatic rings. The van der Waals surface area contributed by atoms with Gasteiger partial charge in [-0.15, -0.1) is 0 Å². The van der Waals surface area contributed by atoms with Crippen LogP contribution in [0.1, 0.15) is 31.0 Å². The van der Waals surface area contributed by atoms with Crippen molar-refractivity contribution < 1.29 is 28.9 Å². The average molecular weight is 495 g/mol. The number of amides is 1. The number of hydrogen-bond acceptors (Lipinski definition) is 7. The van der Waals surface area contributed by atoms with Crippen LogP contribution in [0, 0.1) is 5.92 Å². The predicted octanol–water partition coefficient (Wildman–Crippen LogP) is 3.48. The molecular weight excluding hydrogens is 460 g/mol. The molecule has 2 aromatic carbocycles. The van der Waals surface area contributed by atoms with Crippen molar-refractivity contribution in [1.29, 1.82) is 0 Å². The maximum Gasteiger partial charge on any atom is 0.295 e. The monoisotopic (exact) mass is 494 g/mol. The van der Waals surface area contributed by atoms with Crippen LogP contribution in [-0.2, 0) is 14.3 Å². The highest BCUT2D eigenvalue weighted by Crippen LogP contribution is 2.42. The van der Waals surface area contributed by atoms with Gasteiger partial charge in [0.25, 0.3) is 11.7 Å². The Hall–Kier alpha value is -3.36. The second-order valence-electron chi connectivity index (χ2n) is 9.42. The average Bonchev–Trinajstić information content (AvgIpc) is 3.16. The first-order valence-corrected chi connectivity index (χ1v) is 12.4. The van der Waals surface area contributed by atoms with Crippen molar-refractivity contribution in [2.75, 3.05) is 53.1 Å². The maximum absolute atomic E-state index is 13.3. The summed E-state index contributed by atoms with van der Waals surface area (Å²) in [7, 11) is 1.55. The molecule has 0 radical (unpaired) electrons. The topological polar surface area (TPSA) is 88.5 Å². The number of benzene rings is 2. The Balaban J connectivity index is 1.70. The van der Waals surface area contributed by atoms with Crippen molar-refractivity contribution >= 4 is 17.4 Å². The van der Waals surface area contributed by atoms with Crippen LogP contribution in [0.3, 0.4) is 0 Å². The van der Waals surface area contributed by atoms with Gasteiger partial charge in [-0.1, -0.05) is 32.0 Å².